The average molecular weight is 477 g/mol. The summed E-state index contributed by atoms with van der Waals surface area (Å²) in [5.41, 5.74) is 1.54. The third-order valence-corrected chi connectivity index (χ3v) is 6.55. The molecule has 184 valence electrons. The van der Waals surface area contributed by atoms with Gasteiger partial charge in [-0.05, 0) is 74.8 Å². The van der Waals surface area contributed by atoms with E-state index in [0.717, 1.165) is 24.4 Å². The van der Waals surface area contributed by atoms with Gasteiger partial charge in [0, 0.05) is 25.3 Å². The lowest BCUT2D eigenvalue weighted by atomic mass is 10.1. The highest BCUT2D eigenvalue weighted by Gasteiger charge is 2.30. The second kappa shape index (κ2) is 11.7. The molecular formula is C27H32N4O4. The topological polar surface area (TPSA) is 86.1 Å². The Labute approximate surface area is 206 Å². The number of hydrogen-bond donors (Lipinski definition) is 0. The fourth-order valence-electron chi connectivity index (χ4n) is 4.61. The van der Waals surface area contributed by atoms with E-state index in [1.807, 2.05) is 30.3 Å². The lowest BCUT2D eigenvalue weighted by Crippen LogP contribution is -2.52. The molecule has 0 atom stereocenters. The minimum Gasteiger partial charge on any atom is -0.496 e. The molecule has 0 N–H and O–H groups in total. The van der Waals surface area contributed by atoms with Crippen molar-refractivity contribution in [3.05, 3.63) is 53.6 Å². The highest BCUT2D eigenvalue weighted by Crippen LogP contribution is 2.25. The summed E-state index contributed by atoms with van der Waals surface area (Å²) in [6, 6.07) is 14.3. The molecule has 2 aliphatic rings. The standard InChI is InChI=1S/C27H32N4O4/c1-34-25-18-21(19-28)6-11-24(25)27(33)30-15-16-31(26(32)20-30)22-7-9-23(10-8-22)35-17-5-14-29-12-3-2-4-13-29/h6-11,18H,2-5,12-17,20H2,1H3. The van der Waals surface area contributed by atoms with E-state index in [1.165, 1.54) is 50.4 Å². The predicted octanol–water partition coefficient (Wildman–Crippen LogP) is 3.31. The Bertz CT molecular complexity index is 1070. The maximum absolute atomic E-state index is 13.0. The van der Waals surface area contributed by atoms with Gasteiger partial charge in [-0.25, -0.2) is 0 Å². The van der Waals surface area contributed by atoms with E-state index in [9.17, 15) is 9.59 Å². The maximum Gasteiger partial charge on any atom is 0.258 e. The Morgan fingerprint density at radius 3 is 2.49 bits per heavy atom. The molecule has 0 bridgehead atoms. The molecular weight excluding hydrogens is 444 g/mol. The number of methoxy groups -OCH3 is 1. The number of ether oxygens (including phenoxy) is 2. The van der Waals surface area contributed by atoms with Gasteiger partial charge in [-0.2, -0.15) is 5.26 Å². The van der Waals surface area contributed by atoms with E-state index >= 15 is 0 Å². The molecule has 4 rings (SSSR count). The van der Waals surface area contributed by atoms with Crippen molar-refractivity contribution in [1.82, 2.24) is 9.80 Å². The number of likely N-dealkylation sites (tertiary alicyclic amines) is 1. The van der Waals surface area contributed by atoms with Crippen LogP contribution < -0.4 is 14.4 Å². The number of carbonyl (C=O) groups excluding carboxylic acids is 2. The molecule has 8 heteroatoms. The van der Waals surface area contributed by atoms with Crippen LogP contribution >= 0.6 is 0 Å². The summed E-state index contributed by atoms with van der Waals surface area (Å²) in [5, 5.41) is 9.07. The van der Waals surface area contributed by atoms with Crippen LogP contribution in [0, 0.1) is 11.3 Å². The molecule has 2 aromatic rings. The van der Waals surface area contributed by atoms with Crippen LogP contribution in [0.4, 0.5) is 5.69 Å². The molecule has 2 heterocycles. The highest BCUT2D eigenvalue weighted by atomic mass is 16.5. The number of hydrogen-bond acceptors (Lipinski definition) is 6. The zero-order valence-corrected chi connectivity index (χ0v) is 20.2. The average Bonchev–Trinajstić information content (AvgIpc) is 2.91. The number of benzene rings is 2. The molecule has 2 aliphatic heterocycles. The summed E-state index contributed by atoms with van der Waals surface area (Å²) in [6.45, 7) is 4.93. The third kappa shape index (κ3) is 6.11. The monoisotopic (exact) mass is 476 g/mol. The first kappa shape index (κ1) is 24.6. The van der Waals surface area contributed by atoms with Crippen molar-refractivity contribution in [1.29, 1.82) is 5.26 Å². The van der Waals surface area contributed by atoms with Gasteiger partial charge < -0.3 is 24.2 Å². The molecule has 8 nitrogen and oxygen atoms in total. The highest BCUT2D eigenvalue weighted by molar-refractivity contribution is 6.03. The number of carbonyl (C=O) groups is 2. The SMILES string of the molecule is COc1cc(C#N)ccc1C(=O)N1CCN(c2ccc(OCCCN3CCCCC3)cc2)C(=O)C1. The van der Waals surface area contributed by atoms with Crippen molar-refractivity contribution >= 4 is 17.5 Å². The molecule has 0 aliphatic carbocycles. The Balaban J connectivity index is 1.28. The maximum atomic E-state index is 13.0. The van der Waals surface area contributed by atoms with E-state index in [1.54, 1.807) is 17.0 Å². The van der Waals surface area contributed by atoms with Crippen LogP contribution in [0.1, 0.15) is 41.6 Å². The van der Waals surface area contributed by atoms with Crippen molar-refractivity contribution in [3.63, 3.8) is 0 Å². The third-order valence-electron chi connectivity index (χ3n) is 6.55. The molecule has 2 saturated heterocycles. The Hall–Kier alpha value is -3.57. The fraction of sp³-hybridized carbons (Fsp3) is 0.444. The summed E-state index contributed by atoms with van der Waals surface area (Å²) in [5.74, 6) is 0.692. The normalized spacial score (nSPS) is 16.6. The van der Waals surface area contributed by atoms with Crippen LogP contribution in [-0.4, -0.2) is 74.6 Å². The molecule has 0 saturated carbocycles. The number of rotatable bonds is 8. The predicted molar refractivity (Wildman–Crippen MR) is 133 cm³/mol. The summed E-state index contributed by atoms with van der Waals surface area (Å²) in [7, 11) is 1.46. The number of piperazine rings is 1. The quantitative estimate of drug-likeness (QED) is 0.544. The molecule has 0 aromatic heterocycles. The van der Waals surface area contributed by atoms with Gasteiger partial charge in [0.1, 0.15) is 18.0 Å². The molecule has 35 heavy (non-hydrogen) atoms. The summed E-state index contributed by atoms with van der Waals surface area (Å²) in [6.07, 6.45) is 4.94. The Morgan fingerprint density at radius 2 is 1.80 bits per heavy atom. The first-order valence-electron chi connectivity index (χ1n) is 12.2. The van der Waals surface area contributed by atoms with Gasteiger partial charge in [0.25, 0.3) is 5.91 Å². The molecule has 0 spiro atoms. The zero-order valence-electron chi connectivity index (χ0n) is 20.2. The second-order valence-electron chi connectivity index (χ2n) is 8.90. The number of amides is 2. The van der Waals surface area contributed by atoms with Crippen molar-refractivity contribution < 1.29 is 19.1 Å². The zero-order chi connectivity index (χ0) is 24.6. The first-order valence-corrected chi connectivity index (χ1v) is 12.2. The minimum atomic E-state index is -0.285. The largest absolute Gasteiger partial charge is 0.496 e. The van der Waals surface area contributed by atoms with Crippen molar-refractivity contribution in [2.24, 2.45) is 0 Å². The summed E-state index contributed by atoms with van der Waals surface area (Å²) < 4.78 is 11.2. The minimum absolute atomic E-state index is 0.0171. The fourth-order valence-corrected chi connectivity index (χ4v) is 4.61. The number of anilines is 1. The number of nitriles is 1. The van der Waals surface area contributed by atoms with Gasteiger partial charge in [0.05, 0.1) is 30.9 Å². The number of nitrogens with zero attached hydrogens (tertiary/aromatic N) is 4. The van der Waals surface area contributed by atoms with Crippen molar-refractivity contribution in [3.8, 4) is 17.6 Å². The van der Waals surface area contributed by atoms with Crippen LogP contribution in [0.2, 0.25) is 0 Å². The lowest BCUT2D eigenvalue weighted by molar-refractivity contribution is -0.120. The van der Waals surface area contributed by atoms with Gasteiger partial charge in [0.15, 0.2) is 0 Å². The molecule has 2 amide bonds. The van der Waals surface area contributed by atoms with Crippen LogP contribution in [0.5, 0.6) is 11.5 Å². The Kier molecular flexibility index (Phi) is 8.22. The Morgan fingerprint density at radius 1 is 1.03 bits per heavy atom. The van der Waals surface area contributed by atoms with Gasteiger partial charge in [-0.3, -0.25) is 9.59 Å². The van der Waals surface area contributed by atoms with Gasteiger partial charge in [0.2, 0.25) is 5.91 Å². The van der Waals surface area contributed by atoms with E-state index < -0.39 is 0 Å². The summed E-state index contributed by atoms with van der Waals surface area (Å²) >= 11 is 0. The molecule has 2 aromatic carbocycles. The van der Waals surface area contributed by atoms with Crippen molar-refractivity contribution in [2.45, 2.75) is 25.7 Å². The van der Waals surface area contributed by atoms with E-state index in [0.29, 0.717) is 36.6 Å². The molecule has 0 radical (unpaired) electrons. The van der Waals surface area contributed by atoms with E-state index in [-0.39, 0.29) is 18.4 Å². The van der Waals surface area contributed by atoms with Crippen LogP contribution in [0.15, 0.2) is 42.5 Å². The van der Waals surface area contributed by atoms with E-state index in [4.69, 9.17) is 14.7 Å². The first-order chi connectivity index (χ1) is 17.1. The second-order valence-corrected chi connectivity index (χ2v) is 8.90. The molecule has 0 unspecified atom stereocenters. The van der Waals surface area contributed by atoms with Gasteiger partial charge >= 0.3 is 0 Å². The van der Waals surface area contributed by atoms with Crippen molar-refractivity contribution in [2.75, 3.05) is 57.9 Å². The smallest absolute Gasteiger partial charge is 0.258 e. The number of piperidine rings is 1. The van der Waals surface area contributed by atoms with Gasteiger partial charge in [-0.15, -0.1) is 0 Å². The summed E-state index contributed by atoms with van der Waals surface area (Å²) in [4.78, 5) is 31.6. The molecule has 2 fully saturated rings. The van der Waals surface area contributed by atoms with Crippen LogP contribution in [0.3, 0.4) is 0 Å². The lowest BCUT2D eigenvalue weighted by Gasteiger charge is -2.34. The van der Waals surface area contributed by atoms with Gasteiger partial charge in [-0.1, -0.05) is 6.42 Å². The van der Waals surface area contributed by atoms with Crippen LogP contribution in [0.25, 0.3) is 0 Å². The van der Waals surface area contributed by atoms with E-state index in [2.05, 4.69) is 4.90 Å². The van der Waals surface area contributed by atoms with Crippen LogP contribution in [-0.2, 0) is 4.79 Å².